The van der Waals surface area contributed by atoms with Crippen molar-refractivity contribution in [1.29, 1.82) is 0 Å². The molecule has 0 spiro atoms. The summed E-state index contributed by atoms with van der Waals surface area (Å²) in [5.74, 6) is -1.17. The number of aryl methyl sites for hydroxylation is 1. The first-order chi connectivity index (χ1) is 17.2. The molecule has 36 heavy (non-hydrogen) atoms. The van der Waals surface area contributed by atoms with Gasteiger partial charge in [0, 0.05) is 30.7 Å². The third-order valence-corrected chi connectivity index (χ3v) is 6.83. The molecule has 192 valence electrons. The molecule has 1 atom stereocenters. The Bertz CT molecular complexity index is 1180. The topological polar surface area (TPSA) is 112 Å². The summed E-state index contributed by atoms with van der Waals surface area (Å²) in [6.45, 7) is 6.55. The van der Waals surface area contributed by atoms with E-state index >= 15 is 0 Å². The Hall–Kier alpha value is -3.49. The lowest BCUT2D eigenvalue weighted by Crippen LogP contribution is -2.45. The molecule has 2 aromatic rings. The number of likely N-dealkylation sites (tertiary alicyclic amines) is 2. The molecule has 2 amide bonds. The van der Waals surface area contributed by atoms with E-state index in [0.29, 0.717) is 18.7 Å². The van der Waals surface area contributed by atoms with Crippen LogP contribution >= 0.6 is 0 Å². The predicted molar refractivity (Wildman–Crippen MR) is 137 cm³/mol. The van der Waals surface area contributed by atoms with Crippen molar-refractivity contribution in [1.82, 2.24) is 9.80 Å². The van der Waals surface area contributed by atoms with E-state index < -0.39 is 12.0 Å². The van der Waals surface area contributed by atoms with Crippen molar-refractivity contribution >= 4 is 45.9 Å². The van der Waals surface area contributed by atoms with Crippen LogP contribution in [-0.2, 0) is 19.2 Å². The number of carbonyl (C=O) groups is 4. The maximum atomic E-state index is 13.5. The summed E-state index contributed by atoms with van der Waals surface area (Å²) >= 11 is 0. The van der Waals surface area contributed by atoms with E-state index in [1.165, 1.54) is 13.8 Å². The normalized spacial score (nSPS) is 19.2. The highest BCUT2D eigenvalue weighted by Crippen LogP contribution is 2.24. The second-order valence-corrected chi connectivity index (χ2v) is 9.76. The van der Waals surface area contributed by atoms with Gasteiger partial charge < -0.3 is 19.5 Å². The van der Waals surface area contributed by atoms with Crippen molar-refractivity contribution in [3.05, 3.63) is 30.0 Å². The Morgan fingerprint density at radius 3 is 2.44 bits per heavy atom. The van der Waals surface area contributed by atoms with Crippen molar-refractivity contribution in [2.45, 2.75) is 58.9 Å². The molecule has 0 aliphatic carbocycles. The molecular formula is C27H34N4O5. The first-order valence-corrected chi connectivity index (χ1v) is 12.7. The first kappa shape index (κ1) is 25.6. The van der Waals surface area contributed by atoms with E-state index in [9.17, 15) is 19.2 Å². The number of Topliss-reactive ketones (excluding diaryl/α,β-unsaturated/α-hetero) is 2. The number of furan rings is 1. The first-order valence-electron chi connectivity index (χ1n) is 12.7. The monoisotopic (exact) mass is 494 g/mol. The van der Waals surface area contributed by atoms with Crippen LogP contribution in [0.2, 0.25) is 0 Å². The fourth-order valence-corrected chi connectivity index (χ4v) is 5.01. The van der Waals surface area contributed by atoms with E-state index in [1.807, 2.05) is 19.1 Å². The number of nitrogens with one attached hydrogen (secondary N) is 1. The number of benzene rings is 1. The van der Waals surface area contributed by atoms with Crippen molar-refractivity contribution < 1.29 is 23.6 Å². The molecule has 0 bridgehead atoms. The average molecular weight is 495 g/mol. The molecule has 1 aromatic heterocycles. The zero-order valence-corrected chi connectivity index (χ0v) is 21.2. The highest BCUT2D eigenvalue weighted by molar-refractivity contribution is 6.23. The molecule has 0 saturated carbocycles. The number of amides is 2. The Kier molecular flexibility index (Phi) is 7.86. The van der Waals surface area contributed by atoms with Gasteiger partial charge in [-0.05, 0) is 77.1 Å². The standard InChI is InChI=1S/C27H34N4O5/c1-17-14-20-15-21(9-10-23(20)36-17)28-26(25(18(2)32)19(3)33)29-22-8-4-5-13-31(27(22)35)16-24(34)30-11-6-7-12-30/h9-10,14-15,22,25H,4-8,11-13,16H2,1-3H3,(H,28,29)/t22-/m0/s1. The van der Waals surface area contributed by atoms with Crippen LogP contribution in [0.25, 0.3) is 11.0 Å². The number of rotatable bonds is 7. The van der Waals surface area contributed by atoms with E-state index in [2.05, 4.69) is 10.3 Å². The quantitative estimate of drug-likeness (QED) is 0.359. The van der Waals surface area contributed by atoms with Crippen molar-refractivity contribution in [3.63, 3.8) is 0 Å². The molecule has 1 N–H and O–H groups in total. The molecule has 9 nitrogen and oxygen atoms in total. The number of hydrogen-bond donors (Lipinski definition) is 1. The summed E-state index contributed by atoms with van der Waals surface area (Å²) in [6.07, 6.45) is 3.99. The molecule has 2 aliphatic heterocycles. The van der Waals surface area contributed by atoms with Gasteiger partial charge in [0.1, 0.15) is 40.7 Å². The Labute approximate surface area is 210 Å². The van der Waals surface area contributed by atoms with Gasteiger partial charge >= 0.3 is 0 Å². The van der Waals surface area contributed by atoms with Gasteiger partial charge in [-0.25, -0.2) is 0 Å². The van der Waals surface area contributed by atoms with Crippen LogP contribution in [0.1, 0.15) is 51.7 Å². The van der Waals surface area contributed by atoms with E-state index in [0.717, 1.165) is 55.5 Å². The van der Waals surface area contributed by atoms with Gasteiger partial charge in [0.05, 0.1) is 6.54 Å². The van der Waals surface area contributed by atoms with Gasteiger partial charge in [-0.3, -0.25) is 24.2 Å². The third kappa shape index (κ3) is 5.83. The lowest BCUT2D eigenvalue weighted by Gasteiger charge is -2.26. The number of anilines is 1. The summed E-state index contributed by atoms with van der Waals surface area (Å²) in [4.78, 5) is 59.2. The van der Waals surface area contributed by atoms with Crippen LogP contribution in [-0.4, -0.2) is 71.2 Å². The smallest absolute Gasteiger partial charge is 0.247 e. The van der Waals surface area contributed by atoms with Gasteiger partial charge in [-0.2, -0.15) is 0 Å². The number of fused-ring (bicyclic) bond motifs is 1. The zero-order chi connectivity index (χ0) is 25.8. The van der Waals surface area contributed by atoms with Crippen molar-refractivity contribution in [3.8, 4) is 0 Å². The largest absolute Gasteiger partial charge is 0.461 e. The van der Waals surface area contributed by atoms with Crippen LogP contribution in [0.3, 0.4) is 0 Å². The number of carbonyl (C=O) groups excluding carboxylic acids is 4. The van der Waals surface area contributed by atoms with Crippen molar-refractivity contribution in [2.24, 2.45) is 10.9 Å². The molecule has 0 radical (unpaired) electrons. The number of nitrogens with zero attached hydrogens (tertiary/aromatic N) is 3. The minimum Gasteiger partial charge on any atom is -0.461 e. The molecule has 9 heteroatoms. The van der Waals surface area contributed by atoms with Gasteiger partial charge in [-0.1, -0.05) is 0 Å². The number of amidine groups is 1. The maximum absolute atomic E-state index is 13.5. The molecular weight excluding hydrogens is 460 g/mol. The number of hydrogen-bond acceptors (Lipinski definition) is 6. The van der Waals surface area contributed by atoms with Gasteiger partial charge in [-0.15, -0.1) is 0 Å². The van der Waals surface area contributed by atoms with Crippen LogP contribution in [0.4, 0.5) is 5.69 Å². The molecule has 0 unspecified atom stereocenters. The van der Waals surface area contributed by atoms with Gasteiger partial charge in [0.15, 0.2) is 0 Å². The molecule has 2 saturated heterocycles. The molecule has 3 heterocycles. The lowest BCUT2D eigenvalue weighted by molar-refractivity contribution is -0.140. The van der Waals surface area contributed by atoms with Crippen LogP contribution < -0.4 is 5.32 Å². The van der Waals surface area contributed by atoms with Gasteiger partial charge in [0.2, 0.25) is 11.8 Å². The fourth-order valence-electron chi connectivity index (χ4n) is 5.01. The van der Waals surface area contributed by atoms with Crippen LogP contribution in [0.15, 0.2) is 33.7 Å². The van der Waals surface area contributed by atoms with Gasteiger partial charge in [0.25, 0.3) is 0 Å². The SMILES string of the molecule is CC(=O)C(C(C)=O)C(=N[C@H]1CCCCN(CC(=O)N2CCCC2)C1=O)Nc1ccc2oc(C)cc2c1. The lowest BCUT2D eigenvalue weighted by atomic mass is 9.98. The summed E-state index contributed by atoms with van der Waals surface area (Å²) in [6, 6.07) is 6.57. The summed E-state index contributed by atoms with van der Waals surface area (Å²) < 4.78 is 5.63. The minimum absolute atomic E-state index is 0.0347. The molecule has 2 aliphatic rings. The number of ketones is 2. The second kappa shape index (κ2) is 11.1. The minimum atomic E-state index is -1.11. The Balaban J connectivity index is 1.62. The predicted octanol–water partition coefficient (Wildman–Crippen LogP) is 3.35. The highest BCUT2D eigenvalue weighted by Gasteiger charge is 2.33. The van der Waals surface area contributed by atoms with E-state index in [4.69, 9.17) is 4.42 Å². The summed E-state index contributed by atoms with van der Waals surface area (Å²) in [5.41, 5.74) is 1.36. The third-order valence-electron chi connectivity index (χ3n) is 6.83. The molecule has 1 aromatic carbocycles. The highest BCUT2D eigenvalue weighted by atomic mass is 16.3. The fraction of sp³-hybridized carbons (Fsp3) is 0.519. The van der Waals surface area contributed by atoms with E-state index in [-0.39, 0.29) is 35.8 Å². The Morgan fingerprint density at radius 1 is 1.06 bits per heavy atom. The molecule has 4 rings (SSSR count). The maximum Gasteiger partial charge on any atom is 0.247 e. The summed E-state index contributed by atoms with van der Waals surface area (Å²) in [5, 5.41) is 4.02. The van der Waals surface area contributed by atoms with Crippen LogP contribution in [0, 0.1) is 12.8 Å². The van der Waals surface area contributed by atoms with Crippen LogP contribution in [0.5, 0.6) is 0 Å². The average Bonchev–Trinajstić information content (AvgIpc) is 3.44. The number of aliphatic imine (C=N–C) groups is 1. The molecule has 2 fully saturated rings. The second-order valence-electron chi connectivity index (χ2n) is 9.76. The Morgan fingerprint density at radius 2 is 1.75 bits per heavy atom. The van der Waals surface area contributed by atoms with Crippen molar-refractivity contribution in [2.75, 3.05) is 31.5 Å². The zero-order valence-electron chi connectivity index (χ0n) is 21.2. The summed E-state index contributed by atoms with van der Waals surface area (Å²) in [7, 11) is 0. The van der Waals surface area contributed by atoms with E-state index in [1.54, 1.807) is 21.9 Å².